The van der Waals surface area contributed by atoms with Crippen LogP contribution in [-0.4, -0.2) is 64.8 Å². The molecule has 1 aliphatic heterocycles. The third kappa shape index (κ3) is 9.78. The fourth-order valence-electron chi connectivity index (χ4n) is 3.16. The van der Waals surface area contributed by atoms with Crippen LogP contribution in [0.25, 0.3) is 0 Å². The molecule has 0 amide bonds. The maximum Gasteiger partial charge on any atom is 0.191 e. The van der Waals surface area contributed by atoms with E-state index >= 15 is 0 Å². The molecule has 0 atom stereocenters. The number of aliphatic imine (C=N–C) groups is 1. The largest absolute Gasteiger partial charge is 0.491 e. The van der Waals surface area contributed by atoms with E-state index in [0.717, 1.165) is 69.4 Å². The molecule has 1 fully saturated rings. The normalized spacial score (nSPS) is 15.2. The summed E-state index contributed by atoms with van der Waals surface area (Å²) in [7, 11) is 0. The molecule has 2 N–H and O–H groups in total. The number of aryl methyl sites for hydroxylation is 1. The number of ether oxygens (including phenoxy) is 4. The van der Waals surface area contributed by atoms with Crippen molar-refractivity contribution in [2.24, 2.45) is 4.99 Å². The van der Waals surface area contributed by atoms with E-state index in [-0.39, 0.29) is 0 Å². The Labute approximate surface area is 181 Å². The minimum atomic E-state index is 0.350. The van der Waals surface area contributed by atoms with Gasteiger partial charge in [-0.2, -0.15) is 0 Å². The van der Waals surface area contributed by atoms with Gasteiger partial charge in [-0.3, -0.25) is 0 Å². The van der Waals surface area contributed by atoms with Gasteiger partial charge in [0.15, 0.2) is 5.96 Å². The van der Waals surface area contributed by atoms with E-state index in [1.807, 2.05) is 6.92 Å². The van der Waals surface area contributed by atoms with Crippen LogP contribution < -0.4 is 15.4 Å². The van der Waals surface area contributed by atoms with Gasteiger partial charge >= 0.3 is 0 Å². The number of nitrogens with zero attached hydrogens (tertiary/aromatic N) is 1. The van der Waals surface area contributed by atoms with Gasteiger partial charge in [0.1, 0.15) is 12.4 Å². The van der Waals surface area contributed by atoms with E-state index in [4.69, 9.17) is 23.9 Å². The lowest BCUT2D eigenvalue weighted by molar-refractivity contribution is -0.0320. The molecule has 170 valence electrons. The Hall–Kier alpha value is -1.83. The topological polar surface area (TPSA) is 73.3 Å². The number of rotatable bonds is 13. The highest BCUT2D eigenvalue weighted by atomic mass is 16.5. The van der Waals surface area contributed by atoms with E-state index in [1.165, 1.54) is 5.56 Å². The van der Waals surface area contributed by atoms with Crippen LogP contribution >= 0.6 is 0 Å². The third-order valence-electron chi connectivity index (χ3n) is 4.80. The van der Waals surface area contributed by atoms with Gasteiger partial charge in [-0.15, -0.1) is 0 Å². The molecule has 7 heteroatoms. The van der Waals surface area contributed by atoms with Crippen LogP contribution in [0.5, 0.6) is 5.75 Å². The van der Waals surface area contributed by atoms with Crippen molar-refractivity contribution >= 4 is 5.96 Å². The Morgan fingerprint density at radius 2 is 1.97 bits per heavy atom. The molecular weight excluding hydrogens is 382 g/mol. The number of benzene rings is 1. The first-order valence-corrected chi connectivity index (χ1v) is 11.2. The average Bonchev–Trinajstić information content (AvgIpc) is 2.76. The Bertz CT molecular complexity index is 618. The maximum atomic E-state index is 5.93. The predicted molar refractivity (Wildman–Crippen MR) is 120 cm³/mol. The SMILES string of the molecule is CCNC(=NCc1ccc(C)cc1OCCOCC)NCCCOC1CCOCC1. The molecule has 0 radical (unpaired) electrons. The zero-order chi connectivity index (χ0) is 21.4. The van der Waals surface area contributed by atoms with Crippen LogP contribution in [0.15, 0.2) is 23.2 Å². The highest BCUT2D eigenvalue weighted by Crippen LogP contribution is 2.21. The van der Waals surface area contributed by atoms with E-state index in [9.17, 15) is 0 Å². The molecule has 1 saturated heterocycles. The second kappa shape index (κ2) is 15.0. The van der Waals surface area contributed by atoms with Gasteiger partial charge in [0, 0.05) is 45.1 Å². The summed E-state index contributed by atoms with van der Waals surface area (Å²) in [5.41, 5.74) is 2.24. The molecule has 7 nitrogen and oxygen atoms in total. The molecule has 0 bridgehead atoms. The van der Waals surface area contributed by atoms with Gasteiger partial charge in [0.05, 0.1) is 19.3 Å². The van der Waals surface area contributed by atoms with E-state index in [1.54, 1.807) is 0 Å². The standard InChI is InChI=1S/C23H39N3O4/c1-4-24-23(25-11-6-12-29-21-9-13-28-14-10-21)26-18-20-8-7-19(3)17-22(20)30-16-15-27-5-2/h7-8,17,21H,4-6,9-16,18H2,1-3H3,(H2,24,25,26). The van der Waals surface area contributed by atoms with Gasteiger partial charge < -0.3 is 29.6 Å². The summed E-state index contributed by atoms with van der Waals surface area (Å²) in [6.45, 7) is 12.5. The van der Waals surface area contributed by atoms with Crippen LogP contribution in [0, 0.1) is 6.92 Å². The molecule has 0 aromatic heterocycles. The Morgan fingerprint density at radius 3 is 2.73 bits per heavy atom. The summed E-state index contributed by atoms with van der Waals surface area (Å²) in [4.78, 5) is 4.73. The van der Waals surface area contributed by atoms with Crippen molar-refractivity contribution in [1.29, 1.82) is 0 Å². The van der Waals surface area contributed by atoms with Gasteiger partial charge in [-0.25, -0.2) is 4.99 Å². The Balaban J connectivity index is 1.79. The van der Waals surface area contributed by atoms with Gasteiger partial charge in [0.25, 0.3) is 0 Å². The Kier molecular flexibility index (Phi) is 12.3. The van der Waals surface area contributed by atoms with Crippen LogP contribution in [0.4, 0.5) is 0 Å². The van der Waals surface area contributed by atoms with Crippen molar-refractivity contribution in [3.8, 4) is 5.75 Å². The minimum Gasteiger partial charge on any atom is -0.491 e. The molecule has 0 saturated carbocycles. The summed E-state index contributed by atoms with van der Waals surface area (Å²) >= 11 is 0. The van der Waals surface area contributed by atoms with Gasteiger partial charge in [-0.05, 0) is 51.7 Å². The fraction of sp³-hybridized carbons (Fsp3) is 0.696. The summed E-state index contributed by atoms with van der Waals surface area (Å²) in [6, 6.07) is 6.24. The lowest BCUT2D eigenvalue weighted by Gasteiger charge is -2.22. The first-order valence-electron chi connectivity index (χ1n) is 11.2. The number of hydrogen-bond donors (Lipinski definition) is 2. The molecular formula is C23H39N3O4. The molecule has 0 spiro atoms. The van der Waals surface area contributed by atoms with Crippen molar-refractivity contribution in [3.63, 3.8) is 0 Å². The molecule has 0 unspecified atom stereocenters. The quantitative estimate of drug-likeness (QED) is 0.290. The zero-order valence-corrected chi connectivity index (χ0v) is 18.9. The smallest absolute Gasteiger partial charge is 0.191 e. The third-order valence-corrected chi connectivity index (χ3v) is 4.80. The lowest BCUT2D eigenvalue weighted by Crippen LogP contribution is -2.38. The molecule has 2 rings (SSSR count). The number of hydrogen-bond acceptors (Lipinski definition) is 5. The lowest BCUT2D eigenvalue weighted by atomic mass is 10.1. The van der Waals surface area contributed by atoms with E-state index in [2.05, 4.69) is 42.7 Å². The van der Waals surface area contributed by atoms with E-state index < -0.39 is 0 Å². The predicted octanol–water partition coefficient (Wildman–Crippen LogP) is 3.05. The molecule has 1 aromatic rings. The van der Waals surface area contributed by atoms with E-state index in [0.29, 0.717) is 32.5 Å². The van der Waals surface area contributed by atoms with Crippen molar-refractivity contribution < 1.29 is 18.9 Å². The van der Waals surface area contributed by atoms with Crippen molar-refractivity contribution in [2.75, 3.05) is 52.7 Å². The van der Waals surface area contributed by atoms with Crippen molar-refractivity contribution in [2.45, 2.75) is 52.7 Å². The highest BCUT2D eigenvalue weighted by Gasteiger charge is 2.13. The minimum absolute atomic E-state index is 0.350. The monoisotopic (exact) mass is 421 g/mol. The fourth-order valence-corrected chi connectivity index (χ4v) is 3.16. The van der Waals surface area contributed by atoms with Crippen LogP contribution in [0.1, 0.15) is 44.2 Å². The average molecular weight is 422 g/mol. The summed E-state index contributed by atoms with van der Waals surface area (Å²) in [5, 5.41) is 6.70. The first kappa shape index (κ1) is 24.4. The number of guanidine groups is 1. The van der Waals surface area contributed by atoms with Crippen LogP contribution in [0.3, 0.4) is 0 Å². The molecule has 1 aliphatic rings. The second-order valence-corrected chi connectivity index (χ2v) is 7.31. The highest BCUT2D eigenvalue weighted by molar-refractivity contribution is 5.79. The molecule has 0 aliphatic carbocycles. The summed E-state index contributed by atoms with van der Waals surface area (Å²) in [6.07, 6.45) is 3.30. The molecule has 1 heterocycles. The van der Waals surface area contributed by atoms with Gasteiger partial charge in [0.2, 0.25) is 0 Å². The molecule has 1 aromatic carbocycles. The second-order valence-electron chi connectivity index (χ2n) is 7.31. The van der Waals surface area contributed by atoms with Crippen molar-refractivity contribution in [3.05, 3.63) is 29.3 Å². The maximum absolute atomic E-state index is 5.93. The zero-order valence-electron chi connectivity index (χ0n) is 18.9. The number of nitrogens with one attached hydrogen (secondary N) is 2. The summed E-state index contributed by atoms with van der Waals surface area (Å²) in [5.74, 6) is 1.68. The molecule has 30 heavy (non-hydrogen) atoms. The van der Waals surface area contributed by atoms with Gasteiger partial charge in [-0.1, -0.05) is 12.1 Å². The van der Waals surface area contributed by atoms with Crippen LogP contribution in [-0.2, 0) is 20.8 Å². The summed E-state index contributed by atoms with van der Waals surface area (Å²) < 4.78 is 22.6. The van der Waals surface area contributed by atoms with Crippen LogP contribution in [0.2, 0.25) is 0 Å². The Morgan fingerprint density at radius 1 is 1.13 bits per heavy atom. The first-order chi connectivity index (χ1) is 14.7. The van der Waals surface area contributed by atoms with Crippen molar-refractivity contribution in [1.82, 2.24) is 10.6 Å².